The van der Waals surface area contributed by atoms with Crippen molar-refractivity contribution in [2.75, 3.05) is 13.2 Å². The second kappa shape index (κ2) is 5.55. The van der Waals surface area contributed by atoms with Gasteiger partial charge in [0.1, 0.15) is 0 Å². The predicted octanol–water partition coefficient (Wildman–Crippen LogP) is 3.98. The maximum Gasteiger partial charge on any atom is 0.161 e. The van der Waals surface area contributed by atoms with E-state index in [9.17, 15) is 4.79 Å². The van der Waals surface area contributed by atoms with Crippen LogP contribution in [-0.2, 0) is 0 Å². The summed E-state index contributed by atoms with van der Waals surface area (Å²) in [5, 5.41) is 0.546. The van der Waals surface area contributed by atoms with Crippen LogP contribution >= 0.6 is 11.6 Å². The van der Waals surface area contributed by atoms with E-state index in [4.69, 9.17) is 21.1 Å². The summed E-state index contributed by atoms with van der Waals surface area (Å²) in [7, 11) is 0. The normalized spacial score (nSPS) is 13.7. The van der Waals surface area contributed by atoms with E-state index >= 15 is 0 Å². The van der Waals surface area contributed by atoms with Gasteiger partial charge in [-0.2, -0.15) is 0 Å². The first-order valence-electron chi connectivity index (χ1n) is 6.43. The van der Waals surface area contributed by atoms with Gasteiger partial charge in [-0.15, -0.1) is 0 Å². The first kappa shape index (κ1) is 13.0. The van der Waals surface area contributed by atoms with Crippen LogP contribution in [0.1, 0.15) is 16.8 Å². The Morgan fingerprint density at radius 3 is 2.60 bits per heavy atom. The second-order valence-corrected chi connectivity index (χ2v) is 5.00. The van der Waals surface area contributed by atoms with E-state index in [1.54, 1.807) is 12.1 Å². The highest BCUT2D eigenvalue weighted by Gasteiger charge is 2.13. The van der Waals surface area contributed by atoms with Crippen molar-refractivity contribution in [2.45, 2.75) is 6.42 Å². The zero-order valence-electron chi connectivity index (χ0n) is 10.8. The molecule has 2 aromatic carbocycles. The van der Waals surface area contributed by atoms with E-state index in [-0.39, 0.29) is 0 Å². The zero-order valence-corrected chi connectivity index (χ0v) is 11.5. The number of carbonyl (C=O) groups is 1. The van der Waals surface area contributed by atoms with Crippen LogP contribution in [0.15, 0.2) is 36.4 Å². The molecule has 3 rings (SSSR count). The van der Waals surface area contributed by atoms with Gasteiger partial charge in [0.05, 0.1) is 13.2 Å². The molecule has 0 bridgehead atoms. The molecular formula is C16H13ClO3. The first-order valence-corrected chi connectivity index (χ1v) is 6.80. The van der Waals surface area contributed by atoms with E-state index in [0.717, 1.165) is 29.6 Å². The lowest BCUT2D eigenvalue weighted by molar-refractivity contribution is 0.112. The molecule has 3 nitrogen and oxygen atoms in total. The highest BCUT2D eigenvalue weighted by Crippen LogP contribution is 2.35. The molecular weight excluding hydrogens is 276 g/mol. The Morgan fingerprint density at radius 1 is 1.00 bits per heavy atom. The Kier molecular flexibility index (Phi) is 3.61. The van der Waals surface area contributed by atoms with Gasteiger partial charge in [0.2, 0.25) is 0 Å². The molecule has 0 N–H and O–H groups in total. The monoisotopic (exact) mass is 288 g/mol. The molecule has 1 heterocycles. The fourth-order valence-electron chi connectivity index (χ4n) is 2.22. The molecule has 0 saturated heterocycles. The smallest absolute Gasteiger partial charge is 0.161 e. The summed E-state index contributed by atoms with van der Waals surface area (Å²) >= 11 is 5.92. The fourth-order valence-corrected chi connectivity index (χ4v) is 2.41. The molecule has 1 aliphatic heterocycles. The molecule has 0 aromatic heterocycles. The van der Waals surface area contributed by atoms with Crippen molar-refractivity contribution >= 4 is 17.9 Å². The minimum absolute atomic E-state index is 0.546. The molecule has 0 spiro atoms. The topological polar surface area (TPSA) is 35.5 Å². The molecule has 4 heteroatoms. The van der Waals surface area contributed by atoms with Gasteiger partial charge in [-0.1, -0.05) is 23.7 Å². The number of hydrogen-bond acceptors (Lipinski definition) is 3. The van der Waals surface area contributed by atoms with E-state index in [0.29, 0.717) is 29.5 Å². The van der Waals surface area contributed by atoms with Gasteiger partial charge in [0.15, 0.2) is 17.8 Å². The molecule has 102 valence electrons. The van der Waals surface area contributed by atoms with Crippen molar-refractivity contribution in [2.24, 2.45) is 0 Å². The molecule has 0 fully saturated rings. The Morgan fingerprint density at radius 2 is 1.80 bits per heavy atom. The highest BCUT2D eigenvalue weighted by atomic mass is 35.5. The van der Waals surface area contributed by atoms with Gasteiger partial charge in [-0.05, 0) is 35.4 Å². The summed E-state index contributed by atoms with van der Waals surface area (Å²) < 4.78 is 11.3. The number of halogens is 1. The van der Waals surface area contributed by atoms with Gasteiger partial charge < -0.3 is 9.47 Å². The molecule has 1 aliphatic rings. The maximum atomic E-state index is 11.2. The SMILES string of the molecule is O=Cc1cc(Cl)ccc1-c1ccc2c(c1)OCCCO2. The molecule has 0 saturated carbocycles. The molecule has 2 aromatic rings. The van der Waals surface area contributed by atoms with Crippen LogP contribution in [0.5, 0.6) is 11.5 Å². The Balaban J connectivity index is 2.07. The Bertz CT molecular complexity index is 652. The fraction of sp³-hybridized carbons (Fsp3) is 0.188. The van der Waals surface area contributed by atoms with Crippen molar-refractivity contribution in [3.63, 3.8) is 0 Å². The number of ether oxygens (including phenoxy) is 2. The minimum atomic E-state index is 0.546. The largest absolute Gasteiger partial charge is 0.490 e. The van der Waals surface area contributed by atoms with Crippen LogP contribution in [0.25, 0.3) is 11.1 Å². The summed E-state index contributed by atoms with van der Waals surface area (Å²) in [6, 6.07) is 11.0. The van der Waals surface area contributed by atoms with Gasteiger partial charge >= 0.3 is 0 Å². The lowest BCUT2D eigenvalue weighted by atomic mass is 10.00. The average molecular weight is 289 g/mol. The van der Waals surface area contributed by atoms with E-state index in [1.165, 1.54) is 0 Å². The number of hydrogen-bond donors (Lipinski definition) is 0. The van der Waals surface area contributed by atoms with Crippen LogP contribution in [-0.4, -0.2) is 19.5 Å². The van der Waals surface area contributed by atoms with Gasteiger partial charge in [0.25, 0.3) is 0 Å². The third-order valence-corrected chi connectivity index (χ3v) is 3.43. The van der Waals surface area contributed by atoms with Crippen LogP contribution in [0.2, 0.25) is 5.02 Å². The number of benzene rings is 2. The predicted molar refractivity (Wildman–Crippen MR) is 77.9 cm³/mol. The number of fused-ring (bicyclic) bond motifs is 1. The lowest BCUT2D eigenvalue weighted by Gasteiger charge is -2.11. The summed E-state index contributed by atoms with van der Waals surface area (Å²) in [5.74, 6) is 1.46. The molecule has 0 unspecified atom stereocenters. The molecule has 0 atom stereocenters. The molecule has 0 aliphatic carbocycles. The number of carbonyl (C=O) groups excluding carboxylic acids is 1. The van der Waals surface area contributed by atoms with Gasteiger partial charge in [-0.25, -0.2) is 0 Å². The van der Waals surface area contributed by atoms with Crippen LogP contribution in [0, 0.1) is 0 Å². The summed E-state index contributed by atoms with van der Waals surface area (Å²) in [4.78, 5) is 11.2. The van der Waals surface area contributed by atoms with Crippen molar-refractivity contribution < 1.29 is 14.3 Å². The Labute approximate surface area is 122 Å². The van der Waals surface area contributed by atoms with Crippen molar-refractivity contribution in [1.82, 2.24) is 0 Å². The van der Waals surface area contributed by atoms with E-state index in [2.05, 4.69) is 0 Å². The van der Waals surface area contributed by atoms with Crippen LogP contribution in [0.4, 0.5) is 0 Å². The number of rotatable bonds is 2. The van der Waals surface area contributed by atoms with Crippen LogP contribution < -0.4 is 9.47 Å². The Hall–Kier alpha value is -2.00. The molecule has 0 radical (unpaired) electrons. The summed E-state index contributed by atoms with van der Waals surface area (Å²) in [6.45, 7) is 1.30. The molecule has 20 heavy (non-hydrogen) atoms. The van der Waals surface area contributed by atoms with Crippen molar-refractivity contribution in [3.8, 4) is 22.6 Å². The second-order valence-electron chi connectivity index (χ2n) is 4.56. The first-order chi connectivity index (χ1) is 9.78. The van der Waals surface area contributed by atoms with E-state index in [1.807, 2.05) is 24.3 Å². The average Bonchev–Trinajstić information content (AvgIpc) is 2.71. The van der Waals surface area contributed by atoms with E-state index < -0.39 is 0 Å². The lowest BCUT2D eigenvalue weighted by Crippen LogP contribution is -1.97. The van der Waals surface area contributed by atoms with Crippen molar-refractivity contribution in [1.29, 1.82) is 0 Å². The van der Waals surface area contributed by atoms with Gasteiger partial charge in [-0.3, -0.25) is 4.79 Å². The number of aldehydes is 1. The van der Waals surface area contributed by atoms with Crippen LogP contribution in [0.3, 0.4) is 0 Å². The van der Waals surface area contributed by atoms with Crippen molar-refractivity contribution in [3.05, 3.63) is 47.0 Å². The highest BCUT2D eigenvalue weighted by molar-refractivity contribution is 6.31. The zero-order chi connectivity index (χ0) is 13.9. The summed E-state index contributed by atoms with van der Waals surface area (Å²) in [6.07, 6.45) is 1.68. The third kappa shape index (κ3) is 2.49. The third-order valence-electron chi connectivity index (χ3n) is 3.20. The quantitative estimate of drug-likeness (QED) is 0.784. The maximum absolute atomic E-state index is 11.2. The standard InChI is InChI=1S/C16H13ClO3/c17-13-3-4-14(12(8-13)10-18)11-2-5-15-16(9-11)20-7-1-6-19-15/h2-5,8-10H,1,6-7H2. The minimum Gasteiger partial charge on any atom is -0.490 e. The molecule has 0 amide bonds. The summed E-state index contributed by atoms with van der Waals surface area (Å²) in [5.41, 5.74) is 2.31. The van der Waals surface area contributed by atoms with Gasteiger partial charge in [0, 0.05) is 17.0 Å².